The van der Waals surface area contributed by atoms with Crippen molar-refractivity contribution in [3.8, 4) is 0 Å². The van der Waals surface area contributed by atoms with Crippen molar-refractivity contribution >= 4 is 15.9 Å². The predicted molar refractivity (Wildman–Crippen MR) is 110 cm³/mol. The normalized spacial score (nSPS) is 20.6. The summed E-state index contributed by atoms with van der Waals surface area (Å²) >= 11 is 0. The summed E-state index contributed by atoms with van der Waals surface area (Å²) in [5.41, 5.74) is 0.931. The lowest BCUT2D eigenvalue weighted by Crippen LogP contribution is -2.41. The number of aryl methyl sites for hydroxylation is 1. The number of halogens is 1. The molecule has 0 bridgehead atoms. The highest BCUT2D eigenvalue weighted by Gasteiger charge is 2.36. The van der Waals surface area contributed by atoms with Crippen LogP contribution in [0.4, 0.5) is 4.39 Å². The number of carbonyl (C=O) groups excluding carboxylic acids is 1. The molecule has 0 saturated carbocycles. The Morgan fingerprint density at radius 2 is 1.84 bits per heavy atom. The van der Waals surface area contributed by atoms with E-state index in [0.29, 0.717) is 56.4 Å². The number of benzene rings is 1. The molecule has 2 saturated heterocycles. The summed E-state index contributed by atoms with van der Waals surface area (Å²) in [5.74, 6) is -0.262. The summed E-state index contributed by atoms with van der Waals surface area (Å²) in [6, 6.07) is 4.28. The maximum atomic E-state index is 13.3. The van der Waals surface area contributed by atoms with Gasteiger partial charge in [-0.25, -0.2) is 22.8 Å². The first-order valence-corrected chi connectivity index (χ1v) is 11.8. The van der Waals surface area contributed by atoms with Crippen molar-refractivity contribution in [1.29, 1.82) is 0 Å². The summed E-state index contributed by atoms with van der Waals surface area (Å²) < 4.78 is 46.4. The molecule has 0 N–H and O–H groups in total. The molecule has 10 heteroatoms. The quantitative estimate of drug-likeness (QED) is 0.713. The Labute approximate surface area is 181 Å². The molecule has 31 heavy (non-hydrogen) atoms. The van der Waals surface area contributed by atoms with Crippen LogP contribution in [0.25, 0.3) is 0 Å². The molecule has 1 aromatic heterocycles. The van der Waals surface area contributed by atoms with Gasteiger partial charge < -0.3 is 9.64 Å². The van der Waals surface area contributed by atoms with Crippen molar-refractivity contribution < 1.29 is 22.3 Å². The van der Waals surface area contributed by atoms with Crippen LogP contribution in [-0.4, -0.2) is 66.3 Å². The van der Waals surface area contributed by atoms with Crippen molar-refractivity contribution in [3.63, 3.8) is 0 Å². The minimum absolute atomic E-state index is 0.0386. The van der Waals surface area contributed by atoms with E-state index in [2.05, 4.69) is 9.97 Å². The first kappa shape index (κ1) is 21.8. The molecule has 2 aromatic rings. The largest absolute Gasteiger partial charge is 0.378 e. The van der Waals surface area contributed by atoms with Crippen LogP contribution in [0.3, 0.4) is 0 Å². The van der Waals surface area contributed by atoms with Gasteiger partial charge in [0, 0.05) is 25.8 Å². The lowest BCUT2D eigenvalue weighted by Gasteiger charge is -2.34. The van der Waals surface area contributed by atoms with Gasteiger partial charge in [0.2, 0.25) is 10.0 Å². The number of nitrogens with zero attached hydrogens (tertiary/aromatic N) is 4. The smallest absolute Gasteiger partial charge is 0.257 e. The maximum Gasteiger partial charge on any atom is 0.257 e. The van der Waals surface area contributed by atoms with Crippen LogP contribution in [0, 0.1) is 12.7 Å². The Balaban J connectivity index is 1.61. The molecule has 1 atom stereocenters. The van der Waals surface area contributed by atoms with Gasteiger partial charge in [0.25, 0.3) is 5.91 Å². The summed E-state index contributed by atoms with van der Waals surface area (Å²) in [6.45, 7) is 4.12. The third-order valence-corrected chi connectivity index (χ3v) is 7.62. The van der Waals surface area contributed by atoms with E-state index in [0.717, 1.165) is 25.0 Å². The second-order valence-corrected chi connectivity index (χ2v) is 9.60. The first-order valence-electron chi connectivity index (χ1n) is 10.4. The van der Waals surface area contributed by atoms with Crippen LogP contribution in [-0.2, 0) is 14.8 Å². The van der Waals surface area contributed by atoms with Gasteiger partial charge in [0.1, 0.15) is 11.6 Å². The Hall–Kier alpha value is -2.43. The number of hydrogen-bond acceptors (Lipinski definition) is 6. The van der Waals surface area contributed by atoms with Crippen LogP contribution in [0.2, 0.25) is 0 Å². The van der Waals surface area contributed by atoms with Crippen LogP contribution in [0.1, 0.15) is 47.2 Å². The molecule has 1 aromatic carbocycles. The highest BCUT2D eigenvalue weighted by atomic mass is 32.2. The van der Waals surface area contributed by atoms with Crippen LogP contribution in [0.15, 0.2) is 35.4 Å². The van der Waals surface area contributed by atoms with Gasteiger partial charge in [-0.3, -0.25) is 4.79 Å². The van der Waals surface area contributed by atoms with Crippen molar-refractivity contribution in [3.05, 3.63) is 53.4 Å². The van der Waals surface area contributed by atoms with Crippen molar-refractivity contribution in [2.75, 3.05) is 32.8 Å². The number of aromatic nitrogens is 2. The third-order valence-electron chi connectivity index (χ3n) is 5.70. The van der Waals surface area contributed by atoms with Crippen LogP contribution >= 0.6 is 0 Å². The molecule has 2 aliphatic rings. The average molecular weight is 449 g/mol. The molecule has 166 valence electrons. The number of piperidine rings is 1. The van der Waals surface area contributed by atoms with E-state index in [1.165, 1.54) is 22.6 Å². The number of sulfonamides is 1. The molecule has 0 unspecified atom stereocenters. The summed E-state index contributed by atoms with van der Waals surface area (Å²) in [6.07, 6.45) is 3.64. The highest BCUT2D eigenvalue weighted by Crippen LogP contribution is 2.34. The van der Waals surface area contributed by atoms with E-state index in [9.17, 15) is 17.6 Å². The molecule has 3 heterocycles. The Kier molecular flexibility index (Phi) is 6.31. The second-order valence-electron chi connectivity index (χ2n) is 7.71. The molecule has 0 aliphatic carbocycles. The number of carbonyl (C=O) groups is 1. The second kappa shape index (κ2) is 8.97. The Morgan fingerprint density at radius 1 is 1.13 bits per heavy atom. The predicted octanol–water partition coefficient (Wildman–Crippen LogP) is 2.31. The highest BCUT2D eigenvalue weighted by molar-refractivity contribution is 7.89. The number of morpholine rings is 1. The minimum atomic E-state index is -3.83. The molecular weight excluding hydrogens is 423 g/mol. The summed E-state index contributed by atoms with van der Waals surface area (Å²) in [4.78, 5) is 23.5. The fourth-order valence-electron chi connectivity index (χ4n) is 3.99. The lowest BCUT2D eigenvalue weighted by molar-refractivity contribution is 0.0301. The molecule has 2 fully saturated rings. The van der Waals surface area contributed by atoms with Crippen molar-refractivity contribution in [2.24, 2.45) is 0 Å². The van der Waals surface area contributed by atoms with E-state index >= 15 is 0 Å². The number of hydrogen-bond donors (Lipinski definition) is 0. The molecule has 4 rings (SSSR count). The summed E-state index contributed by atoms with van der Waals surface area (Å²) in [5, 5.41) is 0. The maximum absolute atomic E-state index is 13.3. The fourth-order valence-corrected chi connectivity index (χ4v) is 5.64. The minimum Gasteiger partial charge on any atom is -0.378 e. The van der Waals surface area contributed by atoms with E-state index in [-0.39, 0.29) is 10.8 Å². The zero-order valence-electron chi connectivity index (χ0n) is 17.3. The molecule has 0 spiro atoms. The van der Waals surface area contributed by atoms with Gasteiger partial charge >= 0.3 is 0 Å². The van der Waals surface area contributed by atoms with Gasteiger partial charge in [0.15, 0.2) is 0 Å². The Morgan fingerprint density at radius 3 is 2.52 bits per heavy atom. The molecule has 1 amide bonds. The number of rotatable bonds is 4. The number of amides is 1. The van der Waals surface area contributed by atoms with Gasteiger partial charge in [-0.1, -0.05) is 6.42 Å². The molecule has 8 nitrogen and oxygen atoms in total. The fraction of sp³-hybridized carbons (Fsp3) is 0.476. The van der Waals surface area contributed by atoms with Crippen molar-refractivity contribution in [1.82, 2.24) is 19.2 Å². The zero-order chi connectivity index (χ0) is 22.0. The molecule has 0 radical (unpaired) electrons. The summed E-state index contributed by atoms with van der Waals surface area (Å²) in [7, 11) is -3.83. The number of ether oxygens (including phenoxy) is 1. The van der Waals surface area contributed by atoms with Crippen LogP contribution < -0.4 is 0 Å². The van der Waals surface area contributed by atoms with Crippen molar-refractivity contribution in [2.45, 2.75) is 37.1 Å². The zero-order valence-corrected chi connectivity index (χ0v) is 18.1. The SMILES string of the molecule is Cc1nc([C@@H]2CCCCN2S(=O)(=O)c2ccc(F)cc2)ncc1C(=O)N1CCOCC1. The van der Waals surface area contributed by atoms with Gasteiger partial charge in [0.05, 0.1) is 35.4 Å². The first-order chi connectivity index (χ1) is 14.9. The molecule has 2 aliphatic heterocycles. The van der Waals surface area contributed by atoms with E-state index in [1.54, 1.807) is 11.8 Å². The standard InChI is InChI=1S/C21H25FN4O4S/c1-15-18(21(27)25-10-12-30-13-11-25)14-23-20(24-15)19-4-2-3-9-26(19)31(28,29)17-7-5-16(22)6-8-17/h5-8,14,19H,2-4,9-13H2,1H3/t19-/m0/s1. The third kappa shape index (κ3) is 4.46. The van der Waals surface area contributed by atoms with Crippen LogP contribution in [0.5, 0.6) is 0 Å². The monoisotopic (exact) mass is 448 g/mol. The average Bonchev–Trinajstić information content (AvgIpc) is 2.79. The molecular formula is C21H25FN4O4S. The van der Waals surface area contributed by atoms with E-state index in [4.69, 9.17) is 4.74 Å². The van der Waals surface area contributed by atoms with E-state index in [1.807, 2.05) is 0 Å². The Bertz CT molecular complexity index is 1060. The lowest BCUT2D eigenvalue weighted by atomic mass is 10.0. The van der Waals surface area contributed by atoms with E-state index < -0.39 is 21.9 Å². The van der Waals surface area contributed by atoms with Gasteiger partial charge in [-0.2, -0.15) is 4.31 Å². The van der Waals surface area contributed by atoms with Gasteiger partial charge in [-0.05, 0) is 44.0 Å². The topological polar surface area (TPSA) is 92.7 Å². The van der Waals surface area contributed by atoms with Gasteiger partial charge in [-0.15, -0.1) is 0 Å².